The molecule has 116 valence electrons. The summed E-state index contributed by atoms with van der Waals surface area (Å²) in [7, 11) is -8.19. The van der Waals surface area contributed by atoms with Crippen molar-refractivity contribution in [1.82, 2.24) is 0 Å². The van der Waals surface area contributed by atoms with Crippen LogP contribution in [0.2, 0.25) is 0 Å². The summed E-state index contributed by atoms with van der Waals surface area (Å²) < 4.78 is 62.0. The van der Waals surface area contributed by atoms with E-state index in [9.17, 15) is 21.2 Å². The summed E-state index contributed by atoms with van der Waals surface area (Å²) in [6, 6.07) is 2.97. The molecule has 1 aromatic rings. The van der Waals surface area contributed by atoms with E-state index in [2.05, 4.69) is 17.2 Å². The second-order valence-electron chi connectivity index (χ2n) is 3.84. The number of benzene rings is 1. The molecule has 0 fully saturated rings. The maximum Gasteiger partial charge on any atom is 0.247 e. The largest absolute Gasteiger partial charge is 0.247 e. The quantitative estimate of drug-likeness (QED) is 0.578. The molecule has 1 aromatic carbocycles. The first kappa shape index (κ1) is 17.7. The molecule has 21 heavy (non-hydrogen) atoms. The topological polar surface area (TPSA) is 83.9 Å². The molecule has 0 saturated carbocycles. The Kier molecular flexibility index (Phi) is 5.57. The van der Waals surface area contributed by atoms with E-state index in [0.29, 0.717) is 3.71 Å². The van der Waals surface area contributed by atoms with Crippen LogP contribution in [-0.2, 0) is 20.0 Å². The van der Waals surface area contributed by atoms with Crippen molar-refractivity contribution in [2.75, 3.05) is 15.2 Å². The van der Waals surface area contributed by atoms with Crippen molar-refractivity contribution in [3.63, 3.8) is 0 Å². The smallest absolute Gasteiger partial charge is 0.205 e. The third-order valence-corrected chi connectivity index (χ3v) is 6.89. The molecule has 0 heterocycles. The fourth-order valence-corrected chi connectivity index (χ4v) is 4.93. The Morgan fingerprint density at radius 3 is 2.14 bits per heavy atom. The molecule has 0 aliphatic carbocycles. The number of sulfonamides is 2. The lowest BCUT2D eigenvalue weighted by molar-refractivity contribution is 0.585. The Morgan fingerprint density at radius 2 is 1.71 bits per heavy atom. The minimum Gasteiger partial charge on any atom is -0.205 e. The molecular weight excluding hydrogens is 339 g/mol. The fourth-order valence-electron chi connectivity index (χ4n) is 1.48. The standard InChI is InChI=1S/C11H13FN2O4S3/c1-3-20(15,16)14(21(17,18)4-2)9-5-6-10(12)11(7-9)13-8-19/h5-7H,3-4H2,1-2H3. The maximum atomic E-state index is 13.5. The van der Waals surface area contributed by atoms with Crippen molar-refractivity contribution < 1.29 is 21.2 Å². The van der Waals surface area contributed by atoms with Gasteiger partial charge < -0.3 is 0 Å². The number of nitrogens with zero attached hydrogens (tertiary/aromatic N) is 2. The third-order valence-electron chi connectivity index (χ3n) is 2.54. The molecular formula is C11H13FN2O4S3. The van der Waals surface area contributed by atoms with Crippen molar-refractivity contribution in [3.8, 4) is 0 Å². The van der Waals surface area contributed by atoms with E-state index in [1.54, 1.807) is 0 Å². The molecule has 0 atom stereocenters. The zero-order chi connectivity index (χ0) is 16.3. The lowest BCUT2D eigenvalue weighted by Crippen LogP contribution is -2.39. The molecule has 0 unspecified atom stereocenters. The normalized spacial score (nSPS) is 11.8. The molecule has 1 rings (SSSR count). The summed E-state index contributed by atoms with van der Waals surface area (Å²) in [4.78, 5) is 3.44. The van der Waals surface area contributed by atoms with Crippen molar-refractivity contribution in [3.05, 3.63) is 24.0 Å². The number of hydrogen-bond donors (Lipinski definition) is 0. The maximum absolute atomic E-state index is 13.5. The lowest BCUT2D eigenvalue weighted by Gasteiger charge is -2.22. The summed E-state index contributed by atoms with van der Waals surface area (Å²) in [6.07, 6.45) is 0. The predicted molar refractivity (Wildman–Crippen MR) is 82.5 cm³/mol. The number of rotatable bonds is 6. The molecule has 0 aliphatic rings. The Bertz CT molecular complexity index is 750. The van der Waals surface area contributed by atoms with Gasteiger partial charge in [0.1, 0.15) is 11.5 Å². The monoisotopic (exact) mass is 352 g/mol. The van der Waals surface area contributed by atoms with Gasteiger partial charge >= 0.3 is 0 Å². The Labute approximate surface area is 128 Å². The van der Waals surface area contributed by atoms with E-state index in [1.165, 1.54) is 13.8 Å². The lowest BCUT2D eigenvalue weighted by atomic mass is 10.3. The van der Waals surface area contributed by atoms with Crippen LogP contribution in [-0.4, -0.2) is 33.5 Å². The average molecular weight is 352 g/mol. The van der Waals surface area contributed by atoms with Crippen molar-refractivity contribution in [2.45, 2.75) is 13.8 Å². The molecule has 0 amide bonds. The fraction of sp³-hybridized carbons (Fsp3) is 0.364. The van der Waals surface area contributed by atoms with Crippen LogP contribution in [0.25, 0.3) is 0 Å². The number of aliphatic imine (C=N–C) groups is 1. The van der Waals surface area contributed by atoms with Gasteiger partial charge in [0.05, 0.1) is 22.4 Å². The molecule has 0 spiro atoms. The first-order valence-electron chi connectivity index (χ1n) is 5.83. The van der Waals surface area contributed by atoms with Crippen LogP contribution in [0, 0.1) is 5.82 Å². The number of halogens is 1. The number of thiocarbonyl (C=S) groups is 1. The summed E-state index contributed by atoms with van der Waals surface area (Å²) in [5, 5.41) is 1.95. The van der Waals surface area contributed by atoms with E-state index in [0.717, 1.165) is 18.2 Å². The summed E-state index contributed by atoms with van der Waals surface area (Å²) in [6.45, 7) is 2.63. The number of isothiocyanates is 1. The van der Waals surface area contributed by atoms with E-state index in [1.807, 2.05) is 5.16 Å². The van der Waals surface area contributed by atoms with Crippen LogP contribution in [0.3, 0.4) is 0 Å². The molecule has 0 saturated heterocycles. The van der Waals surface area contributed by atoms with Crippen LogP contribution in [0.4, 0.5) is 15.8 Å². The van der Waals surface area contributed by atoms with E-state index < -0.39 is 37.4 Å². The van der Waals surface area contributed by atoms with Crippen molar-refractivity contribution >= 4 is 48.8 Å². The van der Waals surface area contributed by atoms with Crippen LogP contribution in [0.1, 0.15) is 13.8 Å². The zero-order valence-electron chi connectivity index (χ0n) is 11.3. The zero-order valence-corrected chi connectivity index (χ0v) is 13.7. The molecule has 10 heteroatoms. The third kappa shape index (κ3) is 3.85. The van der Waals surface area contributed by atoms with Gasteiger partial charge in [0.15, 0.2) is 0 Å². The highest BCUT2D eigenvalue weighted by atomic mass is 32.3. The molecule has 0 aromatic heterocycles. The minimum atomic E-state index is -4.09. The Hall–Kier alpha value is -1.35. The number of anilines is 1. The second kappa shape index (κ2) is 6.61. The molecule has 0 N–H and O–H groups in total. The molecule has 0 bridgehead atoms. The van der Waals surface area contributed by atoms with Crippen LogP contribution >= 0.6 is 12.2 Å². The van der Waals surface area contributed by atoms with Gasteiger partial charge in [-0.1, -0.05) is 0 Å². The minimum absolute atomic E-state index is 0.218. The van der Waals surface area contributed by atoms with Gasteiger partial charge in [-0.25, -0.2) is 21.2 Å². The molecule has 0 radical (unpaired) electrons. The summed E-state index contributed by atoms with van der Waals surface area (Å²) >= 11 is 4.36. The number of hydrogen-bond acceptors (Lipinski definition) is 6. The van der Waals surface area contributed by atoms with Gasteiger partial charge in [0.25, 0.3) is 0 Å². The Morgan fingerprint density at radius 1 is 1.19 bits per heavy atom. The van der Waals surface area contributed by atoms with Gasteiger partial charge in [-0.3, -0.25) is 0 Å². The Balaban J connectivity index is 3.63. The molecule has 6 nitrogen and oxygen atoms in total. The highest BCUT2D eigenvalue weighted by Crippen LogP contribution is 2.29. The first-order valence-corrected chi connectivity index (χ1v) is 9.45. The SMILES string of the molecule is CCS(=O)(=O)N(c1ccc(F)c(N=C=S)c1)S(=O)(=O)CC. The predicted octanol–water partition coefficient (Wildman–Crippen LogP) is 2.07. The summed E-state index contributed by atoms with van der Waals surface area (Å²) in [5.41, 5.74) is -0.505. The highest BCUT2D eigenvalue weighted by molar-refractivity contribution is 8.10. The van der Waals surface area contributed by atoms with E-state index >= 15 is 0 Å². The van der Waals surface area contributed by atoms with Crippen molar-refractivity contribution in [1.29, 1.82) is 0 Å². The van der Waals surface area contributed by atoms with E-state index in [4.69, 9.17) is 0 Å². The second-order valence-corrected chi connectivity index (χ2v) is 8.46. The van der Waals surface area contributed by atoms with Crippen molar-refractivity contribution in [2.24, 2.45) is 4.99 Å². The van der Waals surface area contributed by atoms with Gasteiger partial charge in [0, 0.05) is 0 Å². The van der Waals surface area contributed by atoms with Gasteiger partial charge in [-0.2, -0.15) is 8.70 Å². The van der Waals surface area contributed by atoms with Gasteiger partial charge in [0.2, 0.25) is 20.0 Å². The van der Waals surface area contributed by atoms with E-state index in [-0.39, 0.29) is 11.4 Å². The highest BCUT2D eigenvalue weighted by Gasteiger charge is 2.32. The molecule has 0 aliphatic heterocycles. The van der Waals surface area contributed by atoms with Gasteiger partial charge in [-0.15, -0.1) is 0 Å². The van der Waals surface area contributed by atoms with Crippen LogP contribution in [0.15, 0.2) is 23.2 Å². The van der Waals surface area contributed by atoms with Crippen LogP contribution in [0.5, 0.6) is 0 Å². The summed E-state index contributed by atoms with van der Waals surface area (Å²) in [5.74, 6) is -1.61. The van der Waals surface area contributed by atoms with Crippen LogP contribution < -0.4 is 3.71 Å². The average Bonchev–Trinajstić information content (AvgIpc) is 2.42. The van der Waals surface area contributed by atoms with Gasteiger partial charge in [-0.05, 0) is 44.3 Å². The first-order chi connectivity index (χ1) is 9.69.